The molecule has 14 heavy (non-hydrogen) atoms. The fourth-order valence-corrected chi connectivity index (χ4v) is 1.24. The SMILES string of the molecule is Br.Br.Oc1ccc2ccccc2c1O. The molecule has 0 amide bonds. The van der Waals surface area contributed by atoms with Gasteiger partial charge in [-0.2, -0.15) is 0 Å². The van der Waals surface area contributed by atoms with E-state index in [-0.39, 0.29) is 45.5 Å². The summed E-state index contributed by atoms with van der Waals surface area (Å²) in [7, 11) is 0. The van der Waals surface area contributed by atoms with Crippen LogP contribution in [0.3, 0.4) is 0 Å². The summed E-state index contributed by atoms with van der Waals surface area (Å²) in [6.07, 6.45) is 0. The van der Waals surface area contributed by atoms with Crippen molar-refractivity contribution in [2.24, 2.45) is 0 Å². The quantitative estimate of drug-likeness (QED) is 0.730. The van der Waals surface area contributed by atoms with Gasteiger partial charge in [0.05, 0.1) is 0 Å². The number of rotatable bonds is 0. The summed E-state index contributed by atoms with van der Waals surface area (Å²) in [5.74, 6) is -0.123. The number of benzene rings is 2. The monoisotopic (exact) mass is 320 g/mol. The van der Waals surface area contributed by atoms with E-state index in [0.717, 1.165) is 5.39 Å². The summed E-state index contributed by atoms with van der Waals surface area (Å²) in [6.45, 7) is 0. The first kappa shape index (κ1) is 13.3. The van der Waals surface area contributed by atoms with Crippen molar-refractivity contribution < 1.29 is 10.2 Å². The van der Waals surface area contributed by atoms with Crippen molar-refractivity contribution in [2.45, 2.75) is 0 Å². The van der Waals surface area contributed by atoms with Crippen molar-refractivity contribution in [2.75, 3.05) is 0 Å². The Morgan fingerprint density at radius 1 is 0.786 bits per heavy atom. The second-order valence-electron chi connectivity index (χ2n) is 2.65. The van der Waals surface area contributed by atoms with Crippen LogP contribution in [0.5, 0.6) is 11.5 Å². The van der Waals surface area contributed by atoms with Gasteiger partial charge in [-0.05, 0) is 11.5 Å². The van der Waals surface area contributed by atoms with E-state index in [1.54, 1.807) is 12.1 Å². The molecule has 2 N–H and O–H groups in total. The van der Waals surface area contributed by atoms with Crippen molar-refractivity contribution in [3.63, 3.8) is 0 Å². The van der Waals surface area contributed by atoms with E-state index in [9.17, 15) is 5.11 Å². The predicted octanol–water partition coefficient (Wildman–Crippen LogP) is 3.41. The number of phenols is 2. The molecule has 2 nitrogen and oxygen atoms in total. The van der Waals surface area contributed by atoms with Crippen LogP contribution in [-0.4, -0.2) is 10.2 Å². The van der Waals surface area contributed by atoms with Gasteiger partial charge in [0.15, 0.2) is 11.5 Å². The van der Waals surface area contributed by atoms with Gasteiger partial charge in [0.1, 0.15) is 0 Å². The topological polar surface area (TPSA) is 40.5 Å². The molecule has 0 aromatic heterocycles. The minimum Gasteiger partial charge on any atom is -0.504 e. The van der Waals surface area contributed by atoms with Gasteiger partial charge in [0.2, 0.25) is 0 Å². The van der Waals surface area contributed by atoms with Gasteiger partial charge in [-0.1, -0.05) is 30.3 Å². The molecule has 0 fully saturated rings. The summed E-state index contributed by atoms with van der Waals surface area (Å²) in [5, 5.41) is 20.2. The lowest BCUT2D eigenvalue weighted by molar-refractivity contribution is 0.408. The average molecular weight is 322 g/mol. The van der Waals surface area contributed by atoms with Crippen LogP contribution in [0.15, 0.2) is 36.4 Å². The molecule has 0 aliphatic carbocycles. The van der Waals surface area contributed by atoms with Gasteiger partial charge in [-0.3, -0.25) is 0 Å². The second-order valence-corrected chi connectivity index (χ2v) is 2.65. The number of hydrogen-bond donors (Lipinski definition) is 2. The Bertz CT molecular complexity index is 429. The molecule has 2 aromatic rings. The van der Waals surface area contributed by atoms with Gasteiger partial charge in [-0.25, -0.2) is 0 Å². The van der Waals surface area contributed by atoms with E-state index < -0.39 is 0 Å². The third-order valence-corrected chi connectivity index (χ3v) is 1.88. The maximum atomic E-state index is 9.41. The van der Waals surface area contributed by atoms with Crippen molar-refractivity contribution in [3.8, 4) is 11.5 Å². The molecule has 0 spiro atoms. The number of aromatic hydroxyl groups is 2. The predicted molar refractivity (Wildman–Crippen MR) is 67.9 cm³/mol. The Labute approximate surface area is 103 Å². The van der Waals surface area contributed by atoms with E-state index in [2.05, 4.69) is 0 Å². The second kappa shape index (κ2) is 5.22. The zero-order valence-electron chi connectivity index (χ0n) is 7.18. The van der Waals surface area contributed by atoms with Gasteiger partial charge < -0.3 is 10.2 Å². The first-order valence-electron chi connectivity index (χ1n) is 3.69. The Balaban J connectivity index is 0.000000845. The molecule has 0 aliphatic rings. The van der Waals surface area contributed by atoms with E-state index >= 15 is 0 Å². The van der Waals surface area contributed by atoms with E-state index in [1.165, 1.54) is 6.07 Å². The molecule has 0 atom stereocenters. The standard InChI is InChI=1S/C10H8O2.2BrH/c11-9-6-5-7-3-1-2-4-8(7)10(9)12;;/h1-6,11-12H;2*1H. The molecule has 0 unspecified atom stereocenters. The number of hydrogen-bond acceptors (Lipinski definition) is 2. The molecule has 0 bridgehead atoms. The third-order valence-electron chi connectivity index (χ3n) is 1.88. The van der Waals surface area contributed by atoms with Crippen molar-refractivity contribution in [3.05, 3.63) is 36.4 Å². The van der Waals surface area contributed by atoms with Gasteiger partial charge >= 0.3 is 0 Å². The van der Waals surface area contributed by atoms with Crippen LogP contribution >= 0.6 is 34.0 Å². The summed E-state index contributed by atoms with van der Waals surface area (Å²) in [5.41, 5.74) is 0. The lowest BCUT2D eigenvalue weighted by atomic mass is 10.1. The van der Waals surface area contributed by atoms with Gasteiger partial charge in [-0.15, -0.1) is 34.0 Å². The Morgan fingerprint density at radius 2 is 1.43 bits per heavy atom. The minimum absolute atomic E-state index is 0. The Morgan fingerprint density at radius 3 is 2.14 bits per heavy atom. The van der Waals surface area contributed by atoms with Crippen LogP contribution in [-0.2, 0) is 0 Å². The highest BCUT2D eigenvalue weighted by atomic mass is 79.9. The molecular weight excluding hydrogens is 312 g/mol. The molecule has 2 rings (SSSR count). The molecule has 2 aromatic carbocycles. The molecular formula is C10H10Br2O2. The highest BCUT2D eigenvalue weighted by Gasteiger charge is 2.02. The summed E-state index contributed by atoms with van der Waals surface area (Å²) in [6, 6.07) is 10.6. The molecule has 0 aliphatic heterocycles. The molecule has 0 radical (unpaired) electrons. The van der Waals surface area contributed by atoms with Crippen LogP contribution < -0.4 is 0 Å². The van der Waals surface area contributed by atoms with Crippen LogP contribution in [0.4, 0.5) is 0 Å². The summed E-state index contributed by atoms with van der Waals surface area (Å²) in [4.78, 5) is 0. The van der Waals surface area contributed by atoms with Crippen LogP contribution in [0, 0.1) is 0 Å². The average Bonchev–Trinajstić information content (AvgIpc) is 2.12. The maximum absolute atomic E-state index is 9.41. The zero-order chi connectivity index (χ0) is 8.55. The summed E-state index contributed by atoms with van der Waals surface area (Å²) < 4.78 is 0. The largest absolute Gasteiger partial charge is 0.504 e. The van der Waals surface area contributed by atoms with E-state index in [4.69, 9.17) is 5.11 Å². The Hall–Kier alpha value is -0.740. The number of halogens is 2. The van der Waals surface area contributed by atoms with Crippen LogP contribution in [0.2, 0.25) is 0 Å². The molecule has 0 saturated heterocycles. The van der Waals surface area contributed by atoms with Crippen molar-refractivity contribution >= 4 is 44.7 Å². The van der Waals surface area contributed by atoms with Crippen LogP contribution in [0.25, 0.3) is 10.8 Å². The number of fused-ring (bicyclic) bond motifs is 1. The maximum Gasteiger partial charge on any atom is 0.165 e. The normalized spacial score (nSPS) is 8.86. The summed E-state index contributed by atoms with van der Waals surface area (Å²) >= 11 is 0. The molecule has 4 heteroatoms. The fourth-order valence-electron chi connectivity index (χ4n) is 1.24. The first-order chi connectivity index (χ1) is 5.79. The third kappa shape index (κ3) is 2.19. The van der Waals surface area contributed by atoms with E-state index in [1.807, 2.05) is 18.2 Å². The molecule has 0 heterocycles. The van der Waals surface area contributed by atoms with Gasteiger partial charge in [0, 0.05) is 5.39 Å². The fraction of sp³-hybridized carbons (Fsp3) is 0. The van der Waals surface area contributed by atoms with Crippen LogP contribution in [0.1, 0.15) is 0 Å². The zero-order valence-corrected chi connectivity index (χ0v) is 10.6. The minimum atomic E-state index is -0.0753. The van der Waals surface area contributed by atoms with E-state index in [0.29, 0.717) is 5.39 Å². The highest BCUT2D eigenvalue weighted by molar-refractivity contribution is 8.93. The lowest BCUT2D eigenvalue weighted by Crippen LogP contribution is -1.73. The number of phenolic OH excluding ortho intramolecular Hbond substituents is 2. The highest BCUT2D eigenvalue weighted by Crippen LogP contribution is 2.32. The van der Waals surface area contributed by atoms with Crippen molar-refractivity contribution in [1.82, 2.24) is 0 Å². The molecule has 0 saturated carbocycles. The lowest BCUT2D eigenvalue weighted by Gasteiger charge is -2.01. The Kier molecular flexibility index (Phi) is 4.94. The smallest absolute Gasteiger partial charge is 0.165 e. The molecule has 76 valence electrons. The first-order valence-corrected chi connectivity index (χ1v) is 3.69. The van der Waals surface area contributed by atoms with Crippen molar-refractivity contribution in [1.29, 1.82) is 0 Å². The van der Waals surface area contributed by atoms with Gasteiger partial charge in [0.25, 0.3) is 0 Å².